The van der Waals surface area contributed by atoms with Gasteiger partial charge in [0, 0.05) is 0 Å². The van der Waals surface area contributed by atoms with E-state index in [1.807, 2.05) is 13.8 Å². The van der Waals surface area contributed by atoms with Gasteiger partial charge in [-0.25, -0.2) is 4.79 Å². The van der Waals surface area contributed by atoms with Crippen LogP contribution in [0.4, 0.5) is 0 Å². The highest BCUT2D eigenvalue weighted by Gasteiger charge is 2.21. The lowest BCUT2D eigenvalue weighted by atomic mass is 10.2. The van der Waals surface area contributed by atoms with E-state index in [0.29, 0.717) is 12.2 Å². The van der Waals surface area contributed by atoms with Gasteiger partial charge in [-0.15, -0.1) is 0 Å². The molecule has 100 valence electrons. The first kappa shape index (κ1) is 16.4. The van der Waals surface area contributed by atoms with E-state index in [0.717, 1.165) is 6.08 Å². The molecule has 1 aromatic carbocycles. The van der Waals surface area contributed by atoms with E-state index >= 15 is 0 Å². The number of isocyanates is 1. The maximum atomic E-state index is 11.6. The van der Waals surface area contributed by atoms with Crippen LogP contribution in [-0.4, -0.2) is 21.1 Å². The van der Waals surface area contributed by atoms with Crippen molar-refractivity contribution in [2.75, 3.05) is 6.61 Å². The van der Waals surface area contributed by atoms with Gasteiger partial charge in [-0.3, -0.25) is 0 Å². The number of hydrogen-bond donors (Lipinski definition) is 0. The summed E-state index contributed by atoms with van der Waals surface area (Å²) in [5, 5.41) is 0. The maximum absolute atomic E-state index is 11.6. The fourth-order valence-corrected chi connectivity index (χ4v) is 2.37. The van der Waals surface area contributed by atoms with Crippen LogP contribution < -0.4 is 4.74 Å². The minimum absolute atomic E-state index is 0.0831. The third kappa shape index (κ3) is 3.98. The van der Waals surface area contributed by atoms with Gasteiger partial charge >= 0.3 is 0 Å². The summed E-state index contributed by atoms with van der Waals surface area (Å²) in [6, 6.07) is 4.80. The summed E-state index contributed by atoms with van der Waals surface area (Å²) in [4.78, 5) is 9.98. The highest BCUT2D eigenvalue weighted by molar-refractivity contribution is 7.90. The molecule has 0 N–H and O–H groups in total. The predicted octanol–water partition coefficient (Wildman–Crippen LogP) is 2.44. The fraction of sp³-hybridized carbons (Fsp3) is 0.417. The lowest BCUT2D eigenvalue weighted by molar-refractivity contribution is 0.330. The molecule has 1 aromatic rings. The van der Waals surface area contributed by atoms with Crippen molar-refractivity contribution in [3.63, 3.8) is 0 Å². The molecule has 0 unspecified atom stereocenters. The second-order valence-electron chi connectivity index (χ2n) is 2.99. The van der Waals surface area contributed by atoms with Gasteiger partial charge in [0.05, 0.1) is 6.61 Å². The van der Waals surface area contributed by atoms with Crippen LogP contribution in [0.3, 0.4) is 0 Å². The quantitative estimate of drug-likeness (QED) is 0.622. The summed E-state index contributed by atoms with van der Waals surface area (Å²) in [6.45, 7) is 7.67. The zero-order valence-electron chi connectivity index (χ0n) is 10.9. The Morgan fingerprint density at radius 1 is 1.33 bits per heavy atom. The molecule has 0 fully saturated rings. The second kappa shape index (κ2) is 7.63. The summed E-state index contributed by atoms with van der Waals surface area (Å²) in [5.74, 6) is 0.196. The molecule has 0 saturated heterocycles. The molecule has 0 heterocycles. The Morgan fingerprint density at radius 3 is 2.44 bits per heavy atom. The van der Waals surface area contributed by atoms with Crippen LogP contribution in [-0.2, 0) is 14.8 Å². The SMILES string of the molecule is CC.CCOc1cccc(C)c1S(=O)(=O)N=C=O. The minimum Gasteiger partial charge on any atom is -0.492 e. The first-order chi connectivity index (χ1) is 8.53. The molecular formula is C12H17NO4S. The molecule has 0 aromatic heterocycles. The Bertz CT molecular complexity index is 531. The standard InChI is InChI=1S/C10H11NO4S.C2H6/c1-3-15-9-6-4-5-8(2)10(9)16(13,14)11-7-12;1-2/h4-6H,3H2,1-2H3;1-2H3. The van der Waals surface area contributed by atoms with Gasteiger partial charge < -0.3 is 4.74 Å². The number of nitrogens with zero attached hydrogens (tertiary/aromatic N) is 1. The normalized spacial score (nSPS) is 9.78. The third-order valence-corrected chi connectivity index (χ3v) is 3.24. The van der Waals surface area contributed by atoms with Gasteiger partial charge in [0.1, 0.15) is 10.6 Å². The van der Waals surface area contributed by atoms with Crippen molar-refractivity contribution in [3.05, 3.63) is 23.8 Å². The number of benzene rings is 1. The number of hydrogen-bond acceptors (Lipinski definition) is 4. The van der Waals surface area contributed by atoms with Crippen molar-refractivity contribution >= 4 is 16.1 Å². The average molecular weight is 271 g/mol. The number of rotatable bonds is 4. The van der Waals surface area contributed by atoms with E-state index < -0.39 is 10.0 Å². The number of carbonyl (C=O) groups excluding carboxylic acids is 1. The smallest absolute Gasteiger partial charge is 0.296 e. The Labute approximate surface area is 108 Å². The molecule has 0 aliphatic heterocycles. The number of aryl methyl sites for hydroxylation is 1. The van der Waals surface area contributed by atoms with Crippen molar-refractivity contribution in [1.29, 1.82) is 0 Å². The Balaban J connectivity index is 0.00000137. The van der Waals surface area contributed by atoms with E-state index in [4.69, 9.17) is 4.74 Å². The molecule has 5 nitrogen and oxygen atoms in total. The van der Waals surface area contributed by atoms with E-state index in [-0.39, 0.29) is 10.6 Å². The van der Waals surface area contributed by atoms with Crippen LogP contribution >= 0.6 is 0 Å². The summed E-state index contributed by atoms with van der Waals surface area (Å²) in [5.41, 5.74) is 0.477. The van der Waals surface area contributed by atoms with Crippen LogP contribution in [0.1, 0.15) is 26.3 Å². The van der Waals surface area contributed by atoms with Crippen molar-refractivity contribution in [1.82, 2.24) is 0 Å². The Kier molecular flexibility index (Phi) is 6.93. The van der Waals surface area contributed by atoms with Gasteiger partial charge in [-0.2, -0.15) is 8.42 Å². The molecule has 0 aliphatic rings. The van der Waals surface area contributed by atoms with Crippen molar-refractivity contribution < 1.29 is 17.9 Å². The fourth-order valence-electron chi connectivity index (χ4n) is 1.32. The second-order valence-corrected chi connectivity index (χ2v) is 4.53. The Morgan fingerprint density at radius 2 is 1.94 bits per heavy atom. The molecule has 0 radical (unpaired) electrons. The molecular weight excluding hydrogens is 254 g/mol. The lowest BCUT2D eigenvalue weighted by Crippen LogP contribution is -2.04. The van der Waals surface area contributed by atoms with Gasteiger partial charge in [0.25, 0.3) is 16.1 Å². The van der Waals surface area contributed by atoms with Gasteiger partial charge in [-0.05, 0) is 25.5 Å². The predicted molar refractivity (Wildman–Crippen MR) is 69.0 cm³/mol. The number of ether oxygens (including phenoxy) is 1. The molecule has 0 atom stereocenters. The Hall–Kier alpha value is -1.65. The first-order valence-corrected chi connectivity index (χ1v) is 7.03. The summed E-state index contributed by atoms with van der Waals surface area (Å²) < 4.78 is 31.3. The molecule has 0 bridgehead atoms. The molecule has 1 rings (SSSR count). The first-order valence-electron chi connectivity index (χ1n) is 5.59. The van der Waals surface area contributed by atoms with Gasteiger partial charge in [0.2, 0.25) is 0 Å². The number of sulfonamides is 1. The van der Waals surface area contributed by atoms with Crippen LogP contribution in [0.5, 0.6) is 5.75 Å². The minimum atomic E-state index is -4.02. The highest BCUT2D eigenvalue weighted by atomic mass is 32.2. The zero-order valence-corrected chi connectivity index (χ0v) is 11.7. The summed E-state index contributed by atoms with van der Waals surface area (Å²) in [7, 11) is -4.02. The van der Waals surface area contributed by atoms with Crippen molar-refractivity contribution in [2.24, 2.45) is 4.40 Å². The van der Waals surface area contributed by atoms with E-state index in [1.54, 1.807) is 26.0 Å². The third-order valence-electron chi connectivity index (χ3n) is 1.89. The molecule has 0 spiro atoms. The van der Waals surface area contributed by atoms with Crippen molar-refractivity contribution in [2.45, 2.75) is 32.6 Å². The van der Waals surface area contributed by atoms with E-state index in [9.17, 15) is 13.2 Å². The molecule has 0 aliphatic carbocycles. The largest absolute Gasteiger partial charge is 0.492 e. The van der Waals surface area contributed by atoms with Crippen LogP contribution in [0.2, 0.25) is 0 Å². The van der Waals surface area contributed by atoms with Crippen LogP contribution in [0.25, 0.3) is 0 Å². The average Bonchev–Trinajstić information content (AvgIpc) is 2.31. The van der Waals surface area contributed by atoms with Crippen molar-refractivity contribution in [3.8, 4) is 5.75 Å². The summed E-state index contributed by atoms with van der Waals surface area (Å²) in [6.07, 6.45) is 1.03. The highest BCUT2D eigenvalue weighted by Crippen LogP contribution is 2.28. The molecule has 0 saturated carbocycles. The van der Waals surface area contributed by atoms with E-state index in [2.05, 4.69) is 4.40 Å². The summed E-state index contributed by atoms with van der Waals surface area (Å²) >= 11 is 0. The van der Waals surface area contributed by atoms with Crippen LogP contribution in [0.15, 0.2) is 27.5 Å². The van der Waals surface area contributed by atoms with E-state index in [1.165, 1.54) is 6.07 Å². The van der Waals surface area contributed by atoms with Gasteiger partial charge in [0.15, 0.2) is 0 Å². The zero-order chi connectivity index (χ0) is 14.2. The lowest BCUT2D eigenvalue weighted by Gasteiger charge is -2.09. The monoisotopic (exact) mass is 271 g/mol. The molecule has 18 heavy (non-hydrogen) atoms. The molecule has 0 amide bonds. The van der Waals surface area contributed by atoms with Crippen LogP contribution in [0, 0.1) is 6.92 Å². The topological polar surface area (TPSA) is 72.8 Å². The van der Waals surface area contributed by atoms with Gasteiger partial charge in [-0.1, -0.05) is 30.4 Å². The maximum Gasteiger partial charge on any atom is 0.296 e. The molecule has 6 heteroatoms.